The number of sulfonamides is 1. The first-order chi connectivity index (χ1) is 15.7. The minimum Gasteiger partial charge on any atom is -0.299 e. The molecule has 0 saturated carbocycles. The number of rotatable bonds is 6. The molecule has 0 N–H and O–H groups in total. The summed E-state index contributed by atoms with van der Waals surface area (Å²) in [6.07, 6.45) is 1.07. The van der Waals surface area contributed by atoms with E-state index in [0.29, 0.717) is 38.2 Å². The lowest BCUT2D eigenvalue weighted by molar-refractivity contribution is 0.206. The largest absolute Gasteiger partial charge is 0.299 e. The summed E-state index contributed by atoms with van der Waals surface area (Å²) in [6.45, 7) is 1.78. The molecule has 0 spiro atoms. The number of nitrogens with zero attached hydrogens (tertiary/aromatic N) is 2. The van der Waals surface area contributed by atoms with Crippen molar-refractivity contribution < 1.29 is 21.6 Å². The second kappa shape index (κ2) is 9.75. The number of hydrogen-bond donors (Lipinski definition) is 0. The third kappa shape index (κ3) is 5.34. The Morgan fingerprint density at radius 3 is 2.03 bits per heavy atom. The molecule has 1 saturated heterocycles. The monoisotopic (exact) mass is 494 g/mol. The van der Waals surface area contributed by atoms with Gasteiger partial charge in [0.2, 0.25) is 0 Å². The molecule has 1 heterocycles. The first-order valence-corrected chi connectivity index (χ1v) is 12.3. The van der Waals surface area contributed by atoms with Crippen molar-refractivity contribution in [2.24, 2.45) is 0 Å². The molecule has 3 aromatic rings. The second-order valence-corrected chi connectivity index (χ2v) is 10.2. The zero-order chi connectivity index (χ0) is 23.6. The van der Waals surface area contributed by atoms with Crippen LogP contribution in [0.15, 0.2) is 71.6 Å². The average Bonchev–Trinajstić information content (AvgIpc) is 2.79. The molecule has 0 radical (unpaired) electrons. The van der Waals surface area contributed by atoms with E-state index in [-0.39, 0.29) is 16.0 Å². The Morgan fingerprint density at radius 2 is 1.45 bits per heavy atom. The number of piperidine rings is 1. The van der Waals surface area contributed by atoms with Crippen LogP contribution in [0.25, 0.3) is 0 Å². The van der Waals surface area contributed by atoms with E-state index in [2.05, 4.69) is 4.90 Å². The lowest BCUT2D eigenvalue weighted by Crippen LogP contribution is -2.47. The van der Waals surface area contributed by atoms with Gasteiger partial charge in [0.15, 0.2) is 0 Å². The molecule has 33 heavy (non-hydrogen) atoms. The summed E-state index contributed by atoms with van der Waals surface area (Å²) in [6, 6.07) is 14.2. The van der Waals surface area contributed by atoms with Gasteiger partial charge in [-0.1, -0.05) is 17.7 Å². The first kappa shape index (κ1) is 23.6. The van der Waals surface area contributed by atoms with Gasteiger partial charge in [0.05, 0.1) is 15.6 Å². The molecule has 0 bridgehead atoms. The highest BCUT2D eigenvalue weighted by Crippen LogP contribution is 2.31. The Morgan fingerprint density at radius 1 is 0.879 bits per heavy atom. The Balaban J connectivity index is 1.56. The molecule has 1 aliphatic heterocycles. The molecule has 9 heteroatoms. The molecule has 3 aromatic carbocycles. The number of anilines is 1. The van der Waals surface area contributed by atoms with Gasteiger partial charge in [-0.2, -0.15) is 0 Å². The smallest absolute Gasteiger partial charge is 0.264 e. The maximum atomic E-state index is 13.5. The average molecular weight is 495 g/mol. The molecule has 0 aromatic heterocycles. The van der Waals surface area contributed by atoms with Gasteiger partial charge in [-0.25, -0.2) is 21.6 Å². The van der Waals surface area contributed by atoms with Crippen LogP contribution in [0.5, 0.6) is 0 Å². The topological polar surface area (TPSA) is 40.6 Å². The van der Waals surface area contributed by atoms with E-state index in [1.54, 1.807) is 12.1 Å². The molecule has 0 atom stereocenters. The van der Waals surface area contributed by atoms with Gasteiger partial charge in [-0.05, 0) is 79.1 Å². The van der Waals surface area contributed by atoms with Crippen molar-refractivity contribution >= 4 is 27.3 Å². The van der Waals surface area contributed by atoms with Gasteiger partial charge in [-0.3, -0.25) is 9.21 Å². The summed E-state index contributed by atoms with van der Waals surface area (Å²) in [5.41, 5.74) is 1.22. The SMILES string of the molecule is O=S(=O)(c1ccc(F)cc1)N(c1ccc(F)cc1)C1CCN(Cc2ccc(F)c(Cl)c2)CC1. The van der Waals surface area contributed by atoms with Crippen molar-refractivity contribution in [2.75, 3.05) is 17.4 Å². The number of benzene rings is 3. The summed E-state index contributed by atoms with van der Waals surface area (Å²) >= 11 is 5.88. The fourth-order valence-electron chi connectivity index (χ4n) is 4.06. The van der Waals surface area contributed by atoms with Crippen LogP contribution in [0.4, 0.5) is 18.9 Å². The molecule has 0 aliphatic carbocycles. The minimum absolute atomic E-state index is 0.0309. The molecule has 4 rings (SSSR count). The van der Waals surface area contributed by atoms with E-state index in [9.17, 15) is 21.6 Å². The van der Waals surface area contributed by atoms with Gasteiger partial charge < -0.3 is 0 Å². The van der Waals surface area contributed by atoms with Crippen molar-refractivity contribution in [3.8, 4) is 0 Å². The molecule has 1 aliphatic rings. The van der Waals surface area contributed by atoms with E-state index in [0.717, 1.165) is 17.7 Å². The summed E-state index contributed by atoms with van der Waals surface area (Å²) in [4.78, 5) is 2.12. The van der Waals surface area contributed by atoms with E-state index in [1.807, 2.05) is 0 Å². The van der Waals surface area contributed by atoms with Crippen molar-refractivity contribution in [3.05, 3.63) is 94.8 Å². The van der Waals surface area contributed by atoms with Gasteiger partial charge in [0, 0.05) is 25.7 Å². The molecule has 1 fully saturated rings. The maximum absolute atomic E-state index is 13.5. The normalized spacial score (nSPS) is 15.5. The van der Waals surface area contributed by atoms with Crippen LogP contribution in [-0.4, -0.2) is 32.4 Å². The van der Waals surface area contributed by atoms with Crippen LogP contribution in [0.2, 0.25) is 5.02 Å². The van der Waals surface area contributed by atoms with Gasteiger partial charge in [0.1, 0.15) is 17.5 Å². The predicted octanol–water partition coefficient (Wildman–Crippen LogP) is 5.62. The van der Waals surface area contributed by atoms with E-state index < -0.39 is 27.5 Å². The van der Waals surface area contributed by atoms with Gasteiger partial charge in [-0.15, -0.1) is 0 Å². The minimum atomic E-state index is -4.00. The lowest BCUT2D eigenvalue weighted by atomic mass is 10.0. The lowest BCUT2D eigenvalue weighted by Gasteiger charge is -2.39. The molecular weight excluding hydrogens is 473 g/mol. The molecule has 174 valence electrons. The summed E-state index contributed by atoms with van der Waals surface area (Å²) in [5, 5.41) is 0.0651. The van der Waals surface area contributed by atoms with Crippen LogP contribution in [0, 0.1) is 17.5 Å². The zero-order valence-corrected chi connectivity index (χ0v) is 19.2. The Labute approximate surface area is 196 Å². The molecule has 4 nitrogen and oxygen atoms in total. The van der Waals surface area contributed by atoms with E-state index >= 15 is 0 Å². The summed E-state index contributed by atoms with van der Waals surface area (Å²) in [5.74, 6) is -1.47. The van der Waals surface area contributed by atoms with Crippen molar-refractivity contribution in [3.63, 3.8) is 0 Å². The second-order valence-electron chi connectivity index (χ2n) is 7.99. The fraction of sp³-hybridized carbons (Fsp3) is 0.250. The molecule has 0 unspecified atom stereocenters. The first-order valence-electron chi connectivity index (χ1n) is 10.5. The highest BCUT2D eigenvalue weighted by Gasteiger charge is 2.34. The maximum Gasteiger partial charge on any atom is 0.264 e. The van der Waals surface area contributed by atoms with E-state index in [4.69, 9.17) is 11.6 Å². The molecule has 0 amide bonds. The van der Waals surface area contributed by atoms with Crippen LogP contribution in [-0.2, 0) is 16.6 Å². The summed E-state index contributed by atoms with van der Waals surface area (Å²) < 4.78 is 68.7. The summed E-state index contributed by atoms with van der Waals surface area (Å²) in [7, 11) is -4.00. The fourth-order valence-corrected chi connectivity index (χ4v) is 5.97. The number of hydrogen-bond acceptors (Lipinski definition) is 3. The van der Waals surface area contributed by atoms with Crippen molar-refractivity contribution in [2.45, 2.75) is 30.3 Å². The molecular formula is C24H22ClF3N2O2S. The third-order valence-corrected chi connectivity index (χ3v) is 7.91. The van der Waals surface area contributed by atoms with Crippen molar-refractivity contribution in [1.82, 2.24) is 4.90 Å². The van der Waals surface area contributed by atoms with Crippen LogP contribution in [0.1, 0.15) is 18.4 Å². The predicted molar refractivity (Wildman–Crippen MR) is 122 cm³/mol. The van der Waals surface area contributed by atoms with Crippen LogP contribution in [0.3, 0.4) is 0 Å². The Hall–Kier alpha value is -2.55. The van der Waals surface area contributed by atoms with Crippen LogP contribution >= 0.6 is 11.6 Å². The van der Waals surface area contributed by atoms with E-state index in [1.165, 1.54) is 46.8 Å². The van der Waals surface area contributed by atoms with Crippen LogP contribution < -0.4 is 4.31 Å². The standard InChI is InChI=1S/C24H22ClF3N2O2S/c25-23-15-17(1-10-24(23)28)16-29-13-11-21(12-14-29)30(20-6-2-18(26)3-7-20)33(31,32)22-8-4-19(27)5-9-22/h1-10,15,21H,11-14,16H2. The quantitative estimate of drug-likeness (QED) is 0.447. The Kier molecular flexibility index (Phi) is 6.97. The Bertz CT molecular complexity index is 1210. The van der Waals surface area contributed by atoms with Gasteiger partial charge in [0.25, 0.3) is 10.0 Å². The third-order valence-electron chi connectivity index (χ3n) is 5.73. The number of halogens is 4. The zero-order valence-electron chi connectivity index (χ0n) is 17.6. The highest BCUT2D eigenvalue weighted by atomic mass is 35.5. The highest BCUT2D eigenvalue weighted by molar-refractivity contribution is 7.92. The number of likely N-dealkylation sites (tertiary alicyclic amines) is 1. The van der Waals surface area contributed by atoms with Gasteiger partial charge >= 0.3 is 0 Å². The van der Waals surface area contributed by atoms with Crippen molar-refractivity contribution in [1.29, 1.82) is 0 Å².